The fourth-order valence-corrected chi connectivity index (χ4v) is 4.05. The molecule has 2 aromatic rings. The Morgan fingerprint density at radius 1 is 1.39 bits per heavy atom. The molecule has 2 heterocycles. The van der Waals surface area contributed by atoms with Gasteiger partial charge >= 0.3 is 5.97 Å². The molecule has 0 radical (unpaired) electrons. The first kappa shape index (κ1) is 22.6. The summed E-state index contributed by atoms with van der Waals surface area (Å²) in [6, 6.07) is 10.2. The Balaban J connectivity index is 0.00000280. The van der Waals surface area contributed by atoms with E-state index >= 15 is 0 Å². The lowest BCUT2D eigenvalue weighted by Gasteiger charge is -2.33. The van der Waals surface area contributed by atoms with Crippen molar-refractivity contribution in [2.45, 2.75) is 26.3 Å². The number of aliphatic imine (C=N–C) groups is 1. The number of hydrogen-bond donors (Lipinski definition) is 1. The molecule has 1 N–H and O–H groups in total. The highest BCUT2D eigenvalue weighted by Crippen LogP contribution is 2.23. The van der Waals surface area contributed by atoms with Gasteiger partial charge in [0, 0.05) is 31.1 Å². The number of carbonyl (C=O) groups excluding carboxylic acids is 1. The highest BCUT2D eigenvalue weighted by Gasteiger charge is 2.28. The van der Waals surface area contributed by atoms with Crippen molar-refractivity contribution < 1.29 is 9.53 Å². The number of thiazole rings is 1. The molecule has 0 amide bonds. The van der Waals surface area contributed by atoms with Crippen LogP contribution in [0.25, 0.3) is 10.6 Å². The van der Waals surface area contributed by atoms with E-state index in [1.807, 2.05) is 25.1 Å². The number of nitrogens with zero attached hydrogens (tertiary/aromatic N) is 3. The Morgan fingerprint density at radius 3 is 2.89 bits per heavy atom. The maximum atomic E-state index is 12.1. The van der Waals surface area contributed by atoms with Crippen LogP contribution in [0.15, 0.2) is 40.7 Å². The molecule has 1 atom stereocenters. The lowest BCUT2D eigenvalue weighted by atomic mass is 9.98. The predicted octanol–water partition coefficient (Wildman–Crippen LogP) is 3.78. The van der Waals surface area contributed by atoms with Crippen molar-refractivity contribution in [3.8, 4) is 10.6 Å². The van der Waals surface area contributed by atoms with Crippen molar-refractivity contribution in [1.82, 2.24) is 15.2 Å². The molecule has 0 saturated carbocycles. The molecule has 1 aromatic heterocycles. The summed E-state index contributed by atoms with van der Waals surface area (Å²) in [4.78, 5) is 23.3. The van der Waals surface area contributed by atoms with Crippen LogP contribution >= 0.6 is 35.3 Å². The summed E-state index contributed by atoms with van der Waals surface area (Å²) in [5, 5.41) is 6.47. The molecular formula is C20H27IN4O2S. The van der Waals surface area contributed by atoms with Crippen LogP contribution in [0.4, 0.5) is 0 Å². The summed E-state index contributed by atoms with van der Waals surface area (Å²) < 4.78 is 5.18. The van der Waals surface area contributed by atoms with E-state index in [2.05, 4.69) is 32.7 Å². The first-order valence-electron chi connectivity index (χ1n) is 9.33. The molecule has 28 heavy (non-hydrogen) atoms. The molecule has 3 rings (SSSR count). The van der Waals surface area contributed by atoms with E-state index in [9.17, 15) is 4.79 Å². The molecule has 0 bridgehead atoms. The Hall–Kier alpha value is -1.68. The number of nitrogens with one attached hydrogen (secondary N) is 1. The molecule has 1 unspecified atom stereocenters. The van der Waals surface area contributed by atoms with Crippen LogP contribution in [0.1, 0.15) is 25.5 Å². The van der Waals surface area contributed by atoms with Gasteiger partial charge in [-0.25, -0.2) is 4.98 Å². The van der Waals surface area contributed by atoms with E-state index < -0.39 is 0 Å². The van der Waals surface area contributed by atoms with Crippen LogP contribution < -0.4 is 5.32 Å². The summed E-state index contributed by atoms with van der Waals surface area (Å²) in [5.41, 5.74) is 2.12. The highest BCUT2D eigenvalue weighted by atomic mass is 127. The third-order valence-corrected chi connectivity index (χ3v) is 5.49. The third-order valence-electron chi connectivity index (χ3n) is 4.55. The number of guanidine groups is 1. The van der Waals surface area contributed by atoms with Crippen molar-refractivity contribution in [1.29, 1.82) is 0 Å². The molecule has 152 valence electrons. The standard InChI is InChI=1S/C20H26N4O2S.HI/c1-3-26-19(25)16-10-7-11-24(13-16)20(21-2)22-12-17-14-27-18(23-17)15-8-5-4-6-9-15;/h4-6,8-9,14,16H,3,7,10-13H2,1-2H3,(H,21,22);1H. The number of likely N-dealkylation sites (tertiary alicyclic amines) is 1. The zero-order valence-electron chi connectivity index (χ0n) is 16.3. The zero-order chi connectivity index (χ0) is 19.1. The topological polar surface area (TPSA) is 66.8 Å². The molecule has 0 aliphatic carbocycles. The number of aromatic nitrogens is 1. The molecular weight excluding hydrogens is 487 g/mol. The number of esters is 1. The van der Waals surface area contributed by atoms with Crippen molar-refractivity contribution in [2.75, 3.05) is 26.7 Å². The van der Waals surface area contributed by atoms with Crippen LogP contribution in [0.5, 0.6) is 0 Å². The summed E-state index contributed by atoms with van der Waals surface area (Å²) in [6.07, 6.45) is 1.83. The lowest BCUT2D eigenvalue weighted by molar-refractivity contribution is -0.149. The van der Waals surface area contributed by atoms with Gasteiger partial charge in [0.15, 0.2) is 5.96 Å². The van der Waals surface area contributed by atoms with Gasteiger partial charge in [0.25, 0.3) is 0 Å². The van der Waals surface area contributed by atoms with E-state index in [0.717, 1.165) is 41.6 Å². The summed E-state index contributed by atoms with van der Waals surface area (Å²) in [6.45, 7) is 4.41. The SMILES string of the molecule is CCOC(=O)C1CCCN(C(=NC)NCc2csc(-c3ccccc3)n2)C1.I. The van der Waals surface area contributed by atoms with Gasteiger partial charge in [-0.3, -0.25) is 9.79 Å². The van der Waals surface area contributed by atoms with Crippen molar-refractivity contribution in [3.05, 3.63) is 41.4 Å². The van der Waals surface area contributed by atoms with Gasteiger partial charge in [-0.15, -0.1) is 35.3 Å². The number of piperidine rings is 1. The molecule has 1 aromatic carbocycles. The third kappa shape index (κ3) is 5.91. The van der Waals surface area contributed by atoms with Crippen LogP contribution in [0.2, 0.25) is 0 Å². The smallest absolute Gasteiger partial charge is 0.310 e. The van der Waals surface area contributed by atoms with Gasteiger partial charge in [0.2, 0.25) is 0 Å². The highest BCUT2D eigenvalue weighted by molar-refractivity contribution is 14.0. The number of carbonyl (C=O) groups is 1. The number of benzene rings is 1. The van der Waals surface area contributed by atoms with E-state index in [0.29, 0.717) is 19.7 Å². The Labute approximate surface area is 187 Å². The van der Waals surface area contributed by atoms with Crippen LogP contribution in [0, 0.1) is 5.92 Å². The monoisotopic (exact) mass is 514 g/mol. The second kappa shape index (κ2) is 11.4. The summed E-state index contributed by atoms with van der Waals surface area (Å²) >= 11 is 1.64. The van der Waals surface area contributed by atoms with Gasteiger partial charge in [-0.1, -0.05) is 30.3 Å². The van der Waals surface area contributed by atoms with Crippen molar-refractivity contribution in [3.63, 3.8) is 0 Å². The van der Waals surface area contributed by atoms with E-state index in [-0.39, 0.29) is 35.9 Å². The second-order valence-corrected chi connectivity index (χ2v) is 7.31. The average molecular weight is 514 g/mol. The number of ether oxygens (including phenoxy) is 1. The van der Waals surface area contributed by atoms with Gasteiger partial charge in [0.1, 0.15) is 5.01 Å². The fraction of sp³-hybridized carbons (Fsp3) is 0.450. The van der Waals surface area contributed by atoms with Crippen molar-refractivity contribution >= 4 is 47.2 Å². The van der Waals surface area contributed by atoms with E-state index in [1.54, 1.807) is 18.4 Å². The second-order valence-electron chi connectivity index (χ2n) is 6.45. The number of halogens is 1. The minimum Gasteiger partial charge on any atom is -0.466 e. The molecule has 1 fully saturated rings. The van der Waals surface area contributed by atoms with Gasteiger partial charge in [0.05, 0.1) is 24.8 Å². The van der Waals surface area contributed by atoms with Gasteiger partial charge in [-0.05, 0) is 19.8 Å². The number of hydrogen-bond acceptors (Lipinski definition) is 5. The molecule has 0 spiro atoms. The Kier molecular flexibility index (Phi) is 9.17. The van der Waals surface area contributed by atoms with Crippen LogP contribution in [0.3, 0.4) is 0 Å². The lowest BCUT2D eigenvalue weighted by Crippen LogP contribution is -2.48. The molecule has 8 heteroatoms. The normalized spacial score (nSPS) is 17.0. The predicted molar refractivity (Wildman–Crippen MR) is 124 cm³/mol. The van der Waals surface area contributed by atoms with Gasteiger partial charge in [-0.2, -0.15) is 0 Å². The van der Waals surface area contributed by atoms with Crippen LogP contribution in [-0.2, 0) is 16.1 Å². The van der Waals surface area contributed by atoms with Crippen LogP contribution in [-0.4, -0.2) is 48.6 Å². The first-order valence-corrected chi connectivity index (χ1v) is 10.2. The molecule has 6 nitrogen and oxygen atoms in total. The summed E-state index contributed by atoms with van der Waals surface area (Å²) in [5.74, 6) is 0.615. The van der Waals surface area contributed by atoms with E-state index in [4.69, 9.17) is 9.72 Å². The molecule has 1 aliphatic heterocycles. The zero-order valence-corrected chi connectivity index (χ0v) is 19.4. The maximum absolute atomic E-state index is 12.1. The molecule has 1 aliphatic rings. The average Bonchev–Trinajstić information content (AvgIpc) is 3.19. The number of rotatable bonds is 5. The summed E-state index contributed by atoms with van der Waals surface area (Å²) in [7, 11) is 1.77. The minimum absolute atomic E-state index is 0. The first-order chi connectivity index (χ1) is 13.2. The molecule has 1 saturated heterocycles. The fourth-order valence-electron chi connectivity index (χ4n) is 3.23. The Morgan fingerprint density at radius 2 is 2.18 bits per heavy atom. The van der Waals surface area contributed by atoms with E-state index in [1.165, 1.54) is 0 Å². The Bertz CT molecular complexity index is 782. The van der Waals surface area contributed by atoms with Crippen molar-refractivity contribution in [2.24, 2.45) is 10.9 Å². The largest absolute Gasteiger partial charge is 0.466 e. The minimum atomic E-state index is -0.107. The maximum Gasteiger partial charge on any atom is 0.310 e. The quantitative estimate of drug-likeness (QED) is 0.285. The van der Waals surface area contributed by atoms with Gasteiger partial charge < -0.3 is 15.0 Å².